The summed E-state index contributed by atoms with van der Waals surface area (Å²) in [6, 6.07) is 1.70. The Bertz CT molecular complexity index is 1170. The molecule has 0 bridgehead atoms. The highest BCUT2D eigenvalue weighted by Gasteiger charge is 2.54. The molecular formula is C18H20N8O6S3. The third kappa shape index (κ3) is 5.26. The highest BCUT2D eigenvalue weighted by atomic mass is 32.2. The molecule has 0 radical (unpaired) electrons. The van der Waals surface area contributed by atoms with Crippen LogP contribution >= 0.6 is 34.9 Å². The van der Waals surface area contributed by atoms with Crippen LogP contribution in [0.5, 0.6) is 0 Å². The van der Waals surface area contributed by atoms with Crippen LogP contribution in [0.1, 0.15) is 11.0 Å². The van der Waals surface area contributed by atoms with Crippen LogP contribution in [0.25, 0.3) is 0 Å². The van der Waals surface area contributed by atoms with Gasteiger partial charge in [0.05, 0.1) is 6.54 Å². The van der Waals surface area contributed by atoms with Crippen LogP contribution in [0.2, 0.25) is 0 Å². The number of carbonyl (C=O) groups is 4. The zero-order chi connectivity index (χ0) is 25.1. The molecular weight excluding hydrogens is 520 g/mol. The number of aromatic nitrogens is 4. The van der Waals surface area contributed by atoms with Gasteiger partial charge in [0.15, 0.2) is 6.10 Å². The summed E-state index contributed by atoms with van der Waals surface area (Å²) in [5.74, 6) is -2.01. The molecule has 0 aliphatic carbocycles. The number of carbonyl (C=O) groups excluding carboxylic acids is 3. The fourth-order valence-electron chi connectivity index (χ4n) is 3.48. The molecule has 4 amide bonds. The molecule has 4 rings (SSSR count). The van der Waals surface area contributed by atoms with Gasteiger partial charge < -0.3 is 26.6 Å². The number of primary amides is 1. The lowest BCUT2D eigenvalue weighted by Crippen LogP contribution is -2.70. The second-order valence-corrected chi connectivity index (χ2v) is 10.4. The summed E-state index contributed by atoms with van der Waals surface area (Å²) in [6.07, 6.45) is -1.41. The molecule has 6 N–H and O–H groups in total. The van der Waals surface area contributed by atoms with Gasteiger partial charge in [-0.15, -0.1) is 28.2 Å². The molecule has 0 spiro atoms. The molecule has 1 saturated heterocycles. The molecule has 35 heavy (non-hydrogen) atoms. The molecule has 4 heterocycles. The molecule has 2 aromatic rings. The predicted octanol–water partition coefficient (Wildman–Crippen LogP) is -1.03. The number of tetrazole rings is 1. The van der Waals surface area contributed by atoms with E-state index in [1.807, 2.05) is 0 Å². The van der Waals surface area contributed by atoms with Gasteiger partial charge in [0.25, 0.3) is 11.8 Å². The molecule has 2 aliphatic heterocycles. The van der Waals surface area contributed by atoms with E-state index in [2.05, 4.69) is 26.2 Å². The fourth-order valence-corrected chi connectivity index (χ4v) is 6.58. The van der Waals surface area contributed by atoms with Crippen LogP contribution in [0, 0.1) is 0 Å². The SMILES string of the molecule is NC(=O)NCCn1nnnc1SCC1=C(C(=O)O)N2C(=O)C(NC(=O)C(O)c3cccs3)[C@H]2SC1. The normalized spacial score (nSPS) is 20.1. The van der Waals surface area contributed by atoms with Crippen molar-refractivity contribution in [3.05, 3.63) is 33.7 Å². The summed E-state index contributed by atoms with van der Waals surface area (Å²) < 4.78 is 1.44. The molecule has 0 saturated carbocycles. The van der Waals surface area contributed by atoms with Crippen molar-refractivity contribution in [2.45, 2.75) is 29.2 Å². The Morgan fingerprint density at radius 1 is 1.37 bits per heavy atom. The number of nitrogens with zero attached hydrogens (tertiary/aromatic N) is 5. The second kappa shape index (κ2) is 10.6. The molecule has 186 valence electrons. The Morgan fingerprint density at radius 2 is 2.17 bits per heavy atom. The van der Waals surface area contributed by atoms with E-state index in [9.17, 15) is 29.4 Å². The fraction of sp³-hybridized carbons (Fsp3) is 0.389. The van der Waals surface area contributed by atoms with Crippen molar-refractivity contribution in [3.63, 3.8) is 0 Å². The quantitative estimate of drug-likeness (QED) is 0.182. The summed E-state index contributed by atoms with van der Waals surface area (Å²) in [4.78, 5) is 49.7. The number of carboxylic acid groups (broad SMARTS) is 1. The molecule has 14 nitrogen and oxygen atoms in total. The van der Waals surface area contributed by atoms with Gasteiger partial charge in [0.2, 0.25) is 5.16 Å². The van der Waals surface area contributed by atoms with Gasteiger partial charge in [-0.2, -0.15) is 0 Å². The van der Waals surface area contributed by atoms with Crippen LogP contribution in [-0.2, 0) is 20.9 Å². The Morgan fingerprint density at radius 3 is 2.86 bits per heavy atom. The van der Waals surface area contributed by atoms with E-state index in [0.29, 0.717) is 21.4 Å². The van der Waals surface area contributed by atoms with Crippen LogP contribution in [0.4, 0.5) is 4.79 Å². The van der Waals surface area contributed by atoms with E-state index in [1.54, 1.807) is 17.5 Å². The maximum atomic E-state index is 12.8. The smallest absolute Gasteiger partial charge is 0.352 e. The third-order valence-electron chi connectivity index (χ3n) is 5.11. The molecule has 1 fully saturated rings. The van der Waals surface area contributed by atoms with Gasteiger partial charge in [0.1, 0.15) is 17.1 Å². The largest absolute Gasteiger partial charge is 0.477 e. The van der Waals surface area contributed by atoms with Gasteiger partial charge >= 0.3 is 12.0 Å². The Hall–Kier alpha value is -3.15. The number of nitrogens with one attached hydrogen (secondary N) is 2. The summed E-state index contributed by atoms with van der Waals surface area (Å²) in [6.45, 7) is 0.481. The van der Waals surface area contributed by atoms with Gasteiger partial charge in [-0.25, -0.2) is 14.3 Å². The minimum atomic E-state index is -1.41. The minimum Gasteiger partial charge on any atom is -0.477 e. The third-order valence-corrected chi connectivity index (χ3v) is 8.41. The lowest BCUT2D eigenvalue weighted by molar-refractivity contribution is -0.151. The van der Waals surface area contributed by atoms with Crippen molar-refractivity contribution in [3.8, 4) is 0 Å². The van der Waals surface area contributed by atoms with Crippen LogP contribution in [0.3, 0.4) is 0 Å². The Labute approximate surface area is 210 Å². The van der Waals surface area contributed by atoms with Crippen molar-refractivity contribution in [2.75, 3.05) is 18.1 Å². The maximum Gasteiger partial charge on any atom is 0.352 e. The first-order chi connectivity index (χ1) is 16.8. The number of carboxylic acids is 1. The predicted molar refractivity (Wildman–Crippen MR) is 125 cm³/mol. The first-order valence-electron chi connectivity index (χ1n) is 10.1. The topological polar surface area (TPSA) is 206 Å². The molecule has 2 unspecified atom stereocenters. The van der Waals surface area contributed by atoms with E-state index in [1.165, 1.54) is 39.5 Å². The summed E-state index contributed by atoms with van der Waals surface area (Å²) >= 11 is 3.72. The second-order valence-electron chi connectivity index (χ2n) is 7.34. The Kier molecular flexibility index (Phi) is 7.58. The number of aliphatic carboxylic acids is 1. The monoisotopic (exact) mass is 540 g/mol. The average Bonchev–Trinajstić information content (AvgIpc) is 3.52. The van der Waals surface area contributed by atoms with Crippen LogP contribution in [-0.4, -0.2) is 88.6 Å². The zero-order valence-electron chi connectivity index (χ0n) is 17.9. The number of nitrogens with two attached hydrogens (primary N) is 1. The van der Waals surface area contributed by atoms with Gasteiger partial charge in [-0.1, -0.05) is 17.8 Å². The maximum absolute atomic E-state index is 12.8. The van der Waals surface area contributed by atoms with E-state index in [-0.39, 0.29) is 24.5 Å². The standard InChI is InChI=1S/C18H20N8O6S3/c19-17(32)20-3-4-25-18(22-23-24-25)35-7-8-6-34-15-10(14(29)26(15)11(8)16(30)31)21-13(28)12(27)9-2-1-5-33-9/h1-2,5,10,12,15,27H,3-4,6-7H2,(H,21,28)(H,30,31)(H3,19,20,32)/t10?,12?,15-/m1/s1. The number of fused-ring (bicyclic) bond motifs is 1. The van der Waals surface area contributed by atoms with Crippen molar-refractivity contribution in [2.24, 2.45) is 5.73 Å². The minimum absolute atomic E-state index is 0.134. The van der Waals surface area contributed by atoms with Crippen molar-refractivity contribution >= 4 is 58.7 Å². The van der Waals surface area contributed by atoms with E-state index in [4.69, 9.17) is 5.73 Å². The lowest BCUT2D eigenvalue weighted by atomic mass is 10.0. The highest BCUT2D eigenvalue weighted by molar-refractivity contribution is 8.01. The Balaban J connectivity index is 1.41. The number of hydrogen-bond acceptors (Lipinski definition) is 11. The van der Waals surface area contributed by atoms with Crippen LogP contribution < -0.4 is 16.4 Å². The summed E-state index contributed by atoms with van der Waals surface area (Å²) in [5, 5.41) is 37.8. The first-order valence-corrected chi connectivity index (χ1v) is 13.0. The van der Waals surface area contributed by atoms with Crippen molar-refractivity contribution in [1.82, 2.24) is 35.7 Å². The molecule has 2 aliphatic rings. The number of aliphatic hydroxyl groups is 1. The number of thioether (sulfide) groups is 2. The number of aliphatic hydroxyl groups excluding tert-OH is 1. The molecule has 17 heteroatoms. The first kappa shape index (κ1) is 25.0. The van der Waals surface area contributed by atoms with Gasteiger partial charge in [0, 0.05) is 22.9 Å². The highest BCUT2D eigenvalue weighted by Crippen LogP contribution is 2.41. The number of urea groups is 1. The zero-order valence-corrected chi connectivity index (χ0v) is 20.3. The van der Waals surface area contributed by atoms with Gasteiger partial charge in [-0.3, -0.25) is 14.5 Å². The van der Waals surface area contributed by atoms with Crippen LogP contribution in [0.15, 0.2) is 33.9 Å². The number of rotatable bonds is 10. The molecule has 0 aromatic carbocycles. The molecule has 3 atom stereocenters. The summed E-state index contributed by atoms with van der Waals surface area (Å²) in [5.41, 5.74) is 5.41. The van der Waals surface area contributed by atoms with Crippen molar-refractivity contribution in [1.29, 1.82) is 0 Å². The number of amides is 4. The molecule has 2 aromatic heterocycles. The lowest BCUT2D eigenvalue weighted by Gasteiger charge is -2.49. The number of hydrogen-bond donors (Lipinski definition) is 5. The summed E-state index contributed by atoms with van der Waals surface area (Å²) in [7, 11) is 0. The number of thiophene rings is 1. The van der Waals surface area contributed by atoms with E-state index < -0.39 is 41.3 Å². The van der Waals surface area contributed by atoms with E-state index in [0.717, 1.165) is 4.90 Å². The van der Waals surface area contributed by atoms with Gasteiger partial charge in [-0.05, 0) is 27.4 Å². The average molecular weight is 541 g/mol. The van der Waals surface area contributed by atoms with E-state index >= 15 is 0 Å². The van der Waals surface area contributed by atoms with Crippen molar-refractivity contribution < 1.29 is 29.4 Å². The number of β-lactam (4-membered cyclic amide) rings is 1.